The van der Waals surface area contributed by atoms with E-state index in [1.165, 1.54) is 18.3 Å². The summed E-state index contributed by atoms with van der Waals surface area (Å²) in [4.78, 5) is 4.07. The summed E-state index contributed by atoms with van der Waals surface area (Å²) in [7, 11) is 0. The van der Waals surface area contributed by atoms with E-state index in [2.05, 4.69) is 10.3 Å². The van der Waals surface area contributed by atoms with Crippen molar-refractivity contribution in [3.8, 4) is 0 Å². The van der Waals surface area contributed by atoms with Gasteiger partial charge in [-0.25, -0.2) is 13.8 Å². The average molecular weight is 208 g/mol. The van der Waals surface area contributed by atoms with Crippen molar-refractivity contribution >= 4 is 16.6 Å². The third-order valence-electron chi connectivity index (χ3n) is 2.18. The highest BCUT2D eigenvalue weighted by atomic mass is 19.2. The Bertz CT molecular complexity index is 497. The first-order valence-corrected chi connectivity index (χ1v) is 4.70. The SMILES string of the molecule is CCNc1nccc2c(F)c(F)ccc12. The standard InChI is InChI=1S/C11H10F2N2/c1-2-14-11-8-3-4-9(12)10(13)7(8)5-6-15-11/h3-6H,2H2,1H3,(H,14,15). The normalized spacial score (nSPS) is 10.6. The van der Waals surface area contributed by atoms with Crippen LogP contribution < -0.4 is 5.32 Å². The number of rotatable bonds is 2. The highest BCUT2D eigenvalue weighted by molar-refractivity contribution is 5.92. The summed E-state index contributed by atoms with van der Waals surface area (Å²) in [5.74, 6) is -1.08. The van der Waals surface area contributed by atoms with Gasteiger partial charge < -0.3 is 5.32 Å². The fraction of sp³-hybridized carbons (Fsp3) is 0.182. The lowest BCUT2D eigenvalue weighted by Gasteiger charge is -2.07. The molecule has 1 aromatic carbocycles. The number of pyridine rings is 1. The summed E-state index contributed by atoms with van der Waals surface area (Å²) in [6.45, 7) is 2.60. The highest BCUT2D eigenvalue weighted by Crippen LogP contribution is 2.24. The molecule has 78 valence electrons. The molecule has 0 unspecified atom stereocenters. The van der Waals surface area contributed by atoms with Crippen LogP contribution in [0.25, 0.3) is 10.8 Å². The van der Waals surface area contributed by atoms with Crippen LogP contribution in [0.4, 0.5) is 14.6 Å². The summed E-state index contributed by atoms with van der Waals surface area (Å²) in [6.07, 6.45) is 1.46. The van der Waals surface area contributed by atoms with E-state index in [1.807, 2.05) is 6.92 Å². The Labute approximate surface area is 85.9 Å². The van der Waals surface area contributed by atoms with Gasteiger partial charge in [0.2, 0.25) is 0 Å². The van der Waals surface area contributed by atoms with Crippen LogP contribution in [0.15, 0.2) is 24.4 Å². The number of anilines is 1. The molecule has 15 heavy (non-hydrogen) atoms. The molecule has 1 heterocycles. The second-order valence-corrected chi connectivity index (χ2v) is 3.15. The fourth-order valence-corrected chi connectivity index (χ4v) is 1.50. The van der Waals surface area contributed by atoms with Crippen molar-refractivity contribution in [3.05, 3.63) is 36.0 Å². The quantitative estimate of drug-likeness (QED) is 0.820. The number of benzene rings is 1. The second kappa shape index (κ2) is 3.81. The molecule has 0 aliphatic carbocycles. The predicted octanol–water partition coefficient (Wildman–Crippen LogP) is 2.94. The zero-order chi connectivity index (χ0) is 10.8. The number of hydrogen-bond acceptors (Lipinski definition) is 2. The third kappa shape index (κ3) is 1.63. The summed E-state index contributed by atoms with van der Waals surface area (Å²) in [5, 5.41) is 3.84. The minimum absolute atomic E-state index is 0.251. The zero-order valence-electron chi connectivity index (χ0n) is 8.22. The molecule has 0 aliphatic rings. The van der Waals surface area contributed by atoms with Crippen LogP contribution in [0.5, 0.6) is 0 Å². The van der Waals surface area contributed by atoms with Crippen molar-refractivity contribution in [3.63, 3.8) is 0 Å². The lowest BCUT2D eigenvalue weighted by Crippen LogP contribution is -2.00. The van der Waals surface area contributed by atoms with Gasteiger partial charge in [-0.3, -0.25) is 0 Å². The van der Waals surface area contributed by atoms with Crippen LogP contribution >= 0.6 is 0 Å². The summed E-state index contributed by atoms with van der Waals surface area (Å²) in [6, 6.07) is 4.10. The van der Waals surface area contributed by atoms with Crippen LogP contribution in [-0.2, 0) is 0 Å². The molecule has 2 nitrogen and oxygen atoms in total. The maximum absolute atomic E-state index is 13.4. The van der Waals surface area contributed by atoms with E-state index < -0.39 is 11.6 Å². The summed E-state index contributed by atoms with van der Waals surface area (Å²) >= 11 is 0. The number of hydrogen-bond donors (Lipinski definition) is 1. The first kappa shape index (κ1) is 9.83. The van der Waals surface area contributed by atoms with E-state index in [0.717, 1.165) is 6.07 Å². The Morgan fingerprint density at radius 2 is 2.00 bits per heavy atom. The molecule has 0 atom stereocenters. The van der Waals surface area contributed by atoms with Crippen molar-refractivity contribution in [2.45, 2.75) is 6.92 Å². The van der Waals surface area contributed by atoms with Crippen molar-refractivity contribution in [1.82, 2.24) is 4.98 Å². The van der Waals surface area contributed by atoms with Crippen molar-refractivity contribution < 1.29 is 8.78 Å². The molecule has 4 heteroatoms. The van der Waals surface area contributed by atoms with E-state index in [0.29, 0.717) is 17.7 Å². The smallest absolute Gasteiger partial charge is 0.166 e. The molecule has 2 rings (SSSR count). The Hall–Kier alpha value is -1.71. The molecule has 0 saturated heterocycles. The molecule has 0 fully saturated rings. The molecule has 0 aliphatic heterocycles. The number of nitrogens with zero attached hydrogens (tertiary/aromatic N) is 1. The molecule has 0 bridgehead atoms. The first-order chi connectivity index (χ1) is 7.24. The molecule has 0 saturated carbocycles. The Kier molecular flexibility index (Phi) is 2.49. The van der Waals surface area contributed by atoms with Crippen molar-refractivity contribution in [1.29, 1.82) is 0 Å². The number of halogens is 2. The van der Waals surface area contributed by atoms with Gasteiger partial charge in [0.15, 0.2) is 11.6 Å². The van der Waals surface area contributed by atoms with E-state index >= 15 is 0 Å². The lowest BCUT2D eigenvalue weighted by atomic mass is 10.1. The molecular weight excluding hydrogens is 198 g/mol. The van der Waals surface area contributed by atoms with Crippen LogP contribution in [0.1, 0.15) is 6.92 Å². The van der Waals surface area contributed by atoms with Gasteiger partial charge in [0.1, 0.15) is 5.82 Å². The predicted molar refractivity (Wildman–Crippen MR) is 55.8 cm³/mol. The number of nitrogens with one attached hydrogen (secondary N) is 1. The Morgan fingerprint density at radius 1 is 1.20 bits per heavy atom. The average Bonchev–Trinajstić information content (AvgIpc) is 2.25. The molecule has 0 spiro atoms. The minimum atomic E-state index is -0.837. The van der Waals surface area contributed by atoms with Crippen LogP contribution in [0.3, 0.4) is 0 Å². The molecule has 1 aromatic heterocycles. The number of fused-ring (bicyclic) bond motifs is 1. The minimum Gasteiger partial charge on any atom is -0.370 e. The highest BCUT2D eigenvalue weighted by Gasteiger charge is 2.09. The van der Waals surface area contributed by atoms with Gasteiger partial charge in [-0.2, -0.15) is 0 Å². The maximum atomic E-state index is 13.4. The Morgan fingerprint density at radius 3 is 2.73 bits per heavy atom. The molecule has 0 radical (unpaired) electrons. The Balaban J connectivity index is 2.72. The molecular formula is C11H10F2N2. The second-order valence-electron chi connectivity index (χ2n) is 3.15. The van der Waals surface area contributed by atoms with E-state index in [1.54, 1.807) is 0 Å². The van der Waals surface area contributed by atoms with E-state index in [4.69, 9.17) is 0 Å². The van der Waals surface area contributed by atoms with Crippen molar-refractivity contribution in [2.24, 2.45) is 0 Å². The first-order valence-electron chi connectivity index (χ1n) is 4.70. The summed E-state index contributed by atoms with van der Waals surface area (Å²) < 4.78 is 26.3. The van der Waals surface area contributed by atoms with Gasteiger partial charge >= 0.3 is 0 Å². The monoisotopic (exact) mass is 208 g/mol. The topological polar surface area (TPSA) is 24.9 Å². The van der Waals surface area contributed by atoms with Gasteiger partial charge in [-0.1, -0.05) is 0 Å². The van der Waals surface area contributed by atoms with Gasteiger partial charge in [0.25, 0.3) is 0 Å². The molecule has 1 N–H and O–H groups in total. The van der Waals surface area contributed by atoms with E-state index in [-0.39, 0.29) is 5.39 Å². The number of aromatic nitrogens is 1. The lowest BCUT2D eigenvalue weighted by molar-refractivity contribution is 0.517. The van der Waals surface area contributed by atoms with Gasteiger partial charge in [-0.15, -0.1) is 0 Å². The molecule has 0 amide bonds. The van der Waals surface area contributed by atoms with Crippen LogP contribution in [-0.4, -0.2) is 11.5 Å². The fourth-order valence-electron chi connectivity index (χ4n) is 1.50. The summed E-state index contributed by atoms with van der Waals surface area (Å²) in [5.41, 5.74) is 0. The van der Waals surface area contributed by atoms with Gasteiger partial charge in [0, 0.05) is 23.5 Å². The van der Waals surface area contributed by atoms with Gasteiger partial charge in [-0.05, 0) is 25.1 Å². The van der Waals surface area contributed by atoms with Crippen LogP contribution in [0.2, 0.25) is 0 Å². The van der Waals surface area contributed by atoms with Crippen molar-refractivity contribution in [2.75, 3.05) is 11.9 Å². The third-order valence-corrected chi connectivity index (χ3v) is 2.18. The van der Waals surface area contributed by atoms with Crippen LogP contribution in [0, 0.1) is 11.6 Å². The van der Waals surface area contributed by atoms with E-state index in [9.17, 15) is 8.78 Å². The largest absolute Gasteiger partial charge is 0.370 e. The van der Waals surface area contributed by atoms with Gasteiger partial charge in [0.05, 0.1) is 0 Å². The maximum Gasteiger partial charge on any atom is 0.166 e. The zero-order valence-corrected chi connectivity index (χ0v) is 8.22. The molecule has 2 aromatic rings.